The Bertz CT molecular complexity index is 355. The maximum Gasteiger partial charge on any atom is 0.336 e. The van der Waals surface area contributed by atoms with Crippen LogP contribution in [0.2, 0.25) is 0 Å². The largest absolute Gasteiger partial charge is 0.478 e. The van der Waals surface area contributed by atoms with Gasteiger partial charge in [0, 0.05) is 3.57 Å². The van der Waals surface area contributed by atoms with Crippen molar-refractivity contribution >= 4 is 57.4 Å². The van der Waals surface area contributed by atoms with Crippen LogP contribution in [0.4, 0.5) is 4.79 Å². The minimum atomic E-state index is -0.870. The molecule has 1 aromatic rings. The van der Waals surface area contributed by atoms with E-state index in [0.29, 0.717) is 5.56 Å². The molecule has 1 rings (SSSR count). The van der Waals surface area contributed by atoms with Gasteiger partial charge in [-0.15, -0.1) is 0 Å². The Morgan fingerprint density at radius 1 is 1.40 bits per heavy atom. The fraction of sp³-hybridized carbons (Fsp3) is 0.111. The van der Waals surface area contributed by atoms with Crippen LogP contribution < -0.4 is 0 Å². The molecule has 0 spiro atoms. The van der Waals surface area contributed by atoms with E-state index in [1.807, 2.05) is 28.7 Å². The third-order valence-electron chi connectivity index (χ3n) is 1.28. The first-order valence-corrected chi connectivity index (χ1v) is 6.48. The second-order valence-corrected chi connectivity index (χ2v) is 4.91. The van der Waals surface area contributed by atoms with E-state index >= 15 is 0 Å². The molecule has 0 radical (unpaired) electrons. The average molecular weight is 356 g/mol. The Morgan fingerprint density at radius 2 is 1.87 bits per heavy atom. The first-order chi connectivity index (χ1) is 6.99. The van der Waals surface area contributed by atoms with Crippen molar-refractivity contribution in [2.75, 3.05) is 6.26 Å². The van der Waals surface area contributed by atoms with E-state index in [1.54, 1.807) is 24.5 Å². The van der Waals surface area contributed by atoms with E-state index < -0.39 is 5.97 Å². The van der Waals surface area contributed by atoms with Gasteiger partial charge in [0.1, 0.15) is 0 Å². The smallest absolute Gasteiger partial charge is 0.336 e. The van der Waals surface area contributed by atoms with Crippen LogP contribution in [0.5, 0.6) is 0 Å². The third-order valence-corrected chi connectivity index (χ3v) is 3.12. The zero-order chi connectivity index (χ0) is 11.8. The fourth-order valence-corrected chi connectivity index (χ4v) is 1.25. The summed E-state index contributed by atoms with van der Waals surface area (Å²) >= 11 is 6.52. The molecule has 15 heavy (non-hydrogen) atoms. The standard InChI is InChI=1S/C7H5IO2.C2H4OS2/c8-6-4-2-1-3-5(6)7(9)10;1-5-2(3)4/h1-4H,(H,9,10);1H3,(H,3,4). The minimum Gasteiger partial charge on any atom is -0.478 e. The lowest BCUT2D eigenvalue weighted by Crippen LogP contribution is -1.97. The molecular weight excluding hydrogens is 347 g/mol. The minimum absolute atomic E-state index is 0.134. The Morgan fingerprint density at radius 3 is 2.13 bits per heavy atom. The summed E-state index contributed by atoms with van der Waals surface area (Å²) in [6.07, 6.45) is 1.69. The molecule has 0 fully saturated rings. The number of carbonyl (C=O) groups excluding carboxylic acids is 1. The van der Waals surface area contributed by atoms with Gasteiger partial charge in [-0.1, -0.05) is 36.5 Å². The highest BCUT2D eigenvalue weighted by Gasteiger charge is 2.04. The number of halogens is 1. The third kappa shape index (κ3) is 6.80. The molecule has 0 heterocycles. The summed E-state index contributed by atoms with van der Waals surface area (Å²) in [4.78, 5) is 20.1. The summed E-state index contributed by atoms with van der Waals surface area (Å²) < 4.78 is 0.637. The summed E-state index contributed by atoms with van der Waals surface area (Å²) in [7, 11) is 0. The normalized spacial score (nSPS) is 8.73. The molecular formula is C9H9IO3S2. The molecule has 0 aromatic heterocycles. The van der Waals surface area contributed by atoms with Gasteiger partial charge >= 0.3 is 5.97 Å². The molecule has 0 saturated heterocycles. The van der Waals surface area contributed by atoms with Gasteiger partial charge in [0.25, 0.3) is 0 Å². The van der Waals surface area contributed by atoms with Crippen LogP contribution in [0, 0.1) is 3.57 Å². The SMILES string of the molecule is CSC(=O)S.O=C(O)c1ccccc1I. The molecule has 0 aliphatic heterocycles. The van der Waals surface area contributed by atoms with Crippen LogP contribution in [0.15, 0.2) is 24.3 Å². The molecule has 6 heteroatoms. The first-order valence-electron chi connectivity index (χ1n) is 3.73. The van der Waals surface area contributed by atoms with Crippen molar-refractivity contribution in [2.45, 2.75) is 0 Å². The number of rotatable bonds is 1. The lowest BCUT2D eigenvalue weighted by atomic mass is 10.2. The van der Waals surface area contributed by atoms with Crippen LogP contribution in [0.25, 0.3) is 0 Å². The Hall–Kier alpha value is -0.210. The predicted octanol–water partition coefficient (Wildman–Crippen LogP) is 3.39. The Labute approximate surface area is 111 Å². The highest BCUT2D eigenvalue weighted by atomic mass is 127. The van der Waals surface area contributed by atoms with Gasteiger partial charge in [-0.2, -0.15) is 0 Å². The van der Waals surface area contributed by atoms with Gasteiger partial charge < -0.3 is 5.11 Å². The molecule has 1 aromatic carbocycles. The van der Waals surface area contributed by atoms with Crippen LogP contribution in [0.1, 0.15) is 10.4 Å². The van der Waals surface area contributed by atoms with Crippen molar-refractivity contribution in [1.29, 1.82) is 0 Å². The van der Waals surface area contributed by atoms with Gasteiger partial charge in [0.2, 0.25) is 4.45 Å². The van der Waals surface area contributed by atoms with Crippen LogP contribution >= 0.6 is 47.0 Å². The summed E-state index contributed by atoms with van der Waals surface area (Å²) in [5.41, 5.74) is 0.364. The summed E-state index contributed by atoms with van der Waals surface area (Å²) in [6, 6.07) is 6.88. The number of aromatic carboxylic acids is 1. The van der Waals surface area contributed by atoms with E-state index in [0.717, 1.165) is 15.3 Å². The topological polar surface area (TPSA) is 54.4 Å². The highest BCUT2D eigenvalue weighted by molar-refractivity contribution is 14.1. The molecule has 0 amide bonds. The van der Waals surface area contributed by atoms with Crippen LogP contribution in [-0.2, 0) is 0 Å². The summed E-state index contributed by atoms with van der Waals surface area (Å²) in [5, 5.41) is 8.56. The summed E-state index contributed by atoms with van der Waals surface area (Å²) in [6.45, 7) is 0. The van der Waals surface area contributed by atoms with Crippen molar-refractivity contribution in [3.8, 4) is 0 Å². The zero-order valence-corrected chi connectivity index (χ0v) is 11.7. The highest BCUT2D eigenvalue weighted by Crippen LogP contribution is 2.10. The second kappa shape index (κ2) is 8.00. The maximum atomic E-state index is 10.4. The fourth-order valence-electron chi connectivity index (χ4n) is 0.635. The molecule has 82 valence electrons. The van der Waals surface area contributed by atoms with E-state index in [2.05, 4.69) is 12.6 Å². The lowest BCUT2D eigenvalue weighted by Gasteiger charge is -1.94. The first kappa shape index (κ1) is 14.8. The van der Waals surface area contributed by atoms with E-state index in [-0.39, 0.29) is 4.45 Å². The Kier molecular flexibility index (Phi) is 7.89. The summed E-state index contributed by atoms with van der Waals surface area (Å²) in [5.74, 6) is -0.870. The predicted molar refractivity (Wildman–Crippen MR) is 74.0 cm³/mol. The van der Waals surface area contributed by atoms with E-state index in [9.17, 15) is 9.59 Å². The monoisotopic (exact) mass is 356 g/mol. The molecule has 0 aliphatic carbocycles. The molecule has 0 bridgehead atoms. The number of hydrogen-bond donors (Lipinski definition) is 2. The molecule has 0 atom stereocenters. The van der Waals surface area contributed by atoms with Crippen molar-refractivity contribution in [2.24, 2.45) is 0 Å². The zero-order valence-electron chi connectivity index (χ0n) is 7.81. The number of thioether (sulfide) groups is 1. The molecule has 1 N–H and O–H groups in total. The van der Waals surface area contributed by atoms with Crippen molar-refractivity contribution in [1.82, 2.24) is 0 Å². The van der Waals surface area contributed by atoms with Crippen molar-refractivity contribution < 1.29 is 14.7 Å². The average Bonchev–Trinajstić information content (AvgIpc) is 2.19. The maximum absolute atomic E-state index is 10.4. The molecule has 0 aliphatic rings. The Balaban J connectivity index is 0.000000336. The van der Waals surface area contributed by atoms with E-state index in [4.69, 9.17) is 5.11 Å². The number of thiol groups is 1. The number of carbonyl (C=O) groups is 2. The number of benzene rings is 1. The number of carboxylic acid groups (broad SMARTS) is 1. The van der Waals surface area contributed by atoms with Crippen LogP contribution in [-0.4, -0.2) is 21.8 Å². The van der Waals surface area contributed by atoms with Gasteiger partial charge in [0.05, 0.1) is 5.56 Å². The van der Waals surface area contributed by atoms with Gasteiger partial charge in [-0.3, -0.25) is 4.79 Å². The quantitative estimate of drug-likeness (QED) is 0.598. The van der Waals surface area contributed by atoms with Gasteiger partial charge in [-0.25, -0.2) is 4.79 Å². The second-order valence-electron chi connectivity index (χ2n) is 2.26. The van der Waals surface area contributed by atoms with Gasteiger partial charge in [-0.05, 0) is 41.0 Å². The molecule has 3 nitrogen and oxygen atoms in total. The van der Waals surface area contributed by atoms with Crippen molar-refractivity contribution in [3.63, 3.8) is 0 Å². The van der Waals surface area contributed by atoms with E-state index in [1.165, 1.54) is 0 Å². The van der Waals surface area contributed by atoms with Crippen LogP contribution in [0.3, 0.4) is 0 Å². The number of carboxylic acids is 1. The van der Waals surface area contributed by atoms with Crippen molar-refractivity contribution in [3.05, 3.63) is 33.4 Å². The molecule has 0 saturated carbocycles. The molecule has 0 unspecified atom stereocenters. The van der Waals surface area contributed by atoms with Gasteiger partial charge in [0.15, 0.2) is 0 Å². The lowest BCUT2D eigenvalue weighted by molar-refractivity contribution is 0.0695. The number of hydrogen-bond acceptors (Lipinski definition) is 3.